The van der Waals surface area contributed by atoms with Gasteiger partial charge in [-0.05, 0) is 24.8 Å². The Morgan fingerprint density at radius 2 is 1.39 bits per heavy atom. The molecule has 1 aromatic rings. The molecule has 0 atom stereocenters. The SMILES string of the molecule is C=CCCCc1ccccc1.[C-]#[O+].[C-]#[O+].[C-]#[O+].[Mo]. The predicted molar refractivity (Wildman–Crippen MR) is 61.4 cm³/mol. The fourth-order valence-electron chi connectivity index (χ4n) is 1.10. The Morgan fingerprint density at radius 1 is 0.944 bits per heavy atom. The summed E-state index contributed by atoms with van der Waals surface area (Å²) in [5.74, 6) is 0. The van der Waals surface area contributed by atoms with Gasteiger partial charge in [0.05, 0.1) is 0 Å². The topological polar surface area (TPSA) is 59.7 Å². The molecule has 0 spiro atoms. The van der Waals surface area contributed by atoms with Gasteiger partial charge in [-0.3, -0.25) is 0 Å². The van der Waals surface area contributed by atoms with Crippen LogP contribution in [-0.2, 0) is 41.4 Å². The molecule has 0 saturated heterocycles. The summed E-state index contributed by atoms with van der Waals surface area (Å²) >= 11 is 0. The van der Waals surface area contributed by atoms with Crippen molar-refractivity contribution < 1.29 is 35.0 Å². The van der Waals surface area contributed by atoms with Crippen LogP contribution >= 0.6 is 0 Å². The summed E-state index contributed by atoms with van der Waals surface area (Å²) in [5.41, 5.74) is 1.43. The zero-order valence-electron chi connectivity index (χ0n) is 9.93. The number of hydrogen-bond acceptors (Lipinski definition) is 0. The Hall–Kier alpha value is -1.13. The van der Waals surface area contributed by atoms with Gasteiger partial charge in [0, 0.05) is 21.1 Å². The molecule has 0 saturated carbocycles. The molecule has 18 heavy (non-hydrogen) atoms. The Kier molecular flexibility index (Phi) is 42.3. The minimum atomic E-state index is 0. The molecule has 0 aromatic heterocycles. The third kappa shape index (κ3) is 20.3. The maximum absolute atomic E-state index is 7.50. The van der Waals surface area contributed by atoms with E-state index in [4.69, 9.17) is 14.0 Å². The molecule has 3 nitrogen and oxygen atoms in total. The van der Waals surface area contributed by atoms with Crippen LogP contribution in [0.5, 0.6) is 0 Å². The van der Waals surface area contributed by atoms with Crippen LogP contribution in [0.3, 0.4) is 0 Å². The first kappa shape index (κ1) is 25.7. The van der Waals surface area contributed by atoms with Gasteiger partial charge in [0.15, 0.2) is 0 Å². The van der Waals surface area contributed by atoms with Gasteiger partial charge in [-0.15, -0.1) is 6.58 Å². The van der Waals surface area contributed by atoms with Crippen molar-refractivity contribution >= 4 is 0 Å². The largest absolute Gasteiger partial charge is 0 e. The zero-order chi connectivity index (χ0) is 13.9. The van der Waals surface area contributed by atoms with Crippen molar-refractivity contribution in [2.24, 2.45) is 0 Å². The van der Waals surface area contributed by atoms with Gasteiger partial charge < -0.3 is 0 Å². The predicted octanol–water partition coefficient (Wildman–Crippen LogP) is 3.08. The fraction of sp³-hybridized carbons (Fsp3) is 0.214. The van der Waals surface area contributed by atoms with Crippen molar-refractivity contribution in [2.45, 2.75) is 19.3 Å². The normalized spacial score (nSPS) is 6.11. The van der Waals surface area contributed by atoms with E-state index in [1.54, 1.807) is 0 Å². The van der Waals surface area contributed by atoms with Crippen LogP contribution in [0.25, 0.3) is 0 Å². The quantitative estimate of drug-likeness (QED) is 0.268. The molecule has 1 rings (SSSR count). The second-order valence-electron chi connectivity index (χ2n) is 2.67. The molecule has 0 heterocycles. The van der Waals surface area contributed by atoms with Crippen LogP contribution in [0.2, 0.25) is 0 Å². The Bertz CT molecular complexity index is 301. The summed E-state index contributed by atoms with van der Waals surface area (Å²) in [5, 5.41) is 0. The first-order chi connectivity index (χ1) is 8.43. The number of hydrogen-bond donors (Lipinski definition) is 0. The molecular formula is C14H14MoO3. The molecule has 0 fully saturated rings. The summed E-state index contributed by atoms with van der Waals surface area (Å²) in [6.45, 7) is 17.2. The van der Waals surface area contributed by atoms with Gasteiger partial charge in [0.2, 0.25) is 0 Å². The van der Waals surface area contributed by atoms with Crippen LogP contribution in [0.1, 0.15) is 18.4 Å². The molecule has 4 heteroatoms. The van der Waals surface area contributed by atoms with Gasteiger partial charge in [0.25, 0.3) is 0 Å². The Balaban J connectivity index is -0.000000123. The van der Waals surface area contributed by atoms with Gasteiger partial charge in [-0.1, -0.05) is 36.4 Å². The molecule has 0 unspecified atom stereocenters. The minimum Gasteiger partial charge on any atom is 0 e. The van der Waals surface area contributed by atoms with Crippen molar-refractivity contribution in [3.8, 4) is 0 Å². The van der Waals surface area contributed by atoms with Crippen molar-refractivity contribution in [3.05, 3.63) is 68.5 Å². The maximum atomic E-state index is 7.50. The van der Waals surface area contributed by atoms with E-state index in [0.29, 0.717) is 0 Å². The smallest absolute Gasteiger partial charge is 0 e. The molecule has 0 amide bonds. The monoisotopic (exact) mass is 328 g/mol. The number of rotatable bonds is 4. The molecule has 0 aliphatic heterocycles. The van der Waals surface area contributed by atoms with Crippen molar-refractivity contribution in [2.75, 3.05) is 0 Å². The molecule has 1 aromatic carbocycles. The van der Waals surface area contributed by atoms with E-state index in [1.807, 2.05) is 6.08 Å². The van der Waals surface area contributed by atoms with Crippen LogP contribution in [0.4, 0.5) is 0 Å². The average molecular weight is 326 g/mol. The summed E-state index contributed by atoms with van der Waals surface area (Å²) in [6.07, 6.45) is 5.48. The summed E-state index contributed by atoms with van der Waals surface area (Å²) in [4.78, 5) is 0. The first-order valence-corrected chi connectivity index (χ1v) is 4.69. The fourth-order valence-corrected chi connectivity index (χ4v) is 1.10. The maximum Gasteiger partial charge on any atom is 0 e. The second-order valence-corrected chi connectivity index (χ2v) is 2.67. The minimum absolute atomic E-state index is 0. The molecule has 0 N–H and O–H groups in total. The Labute approximate surface area is 123 Å². The van der Waals surface area contributed by atoms with Crippen molar-refractivity contribution in [1.29, 1.82) is 0 Å². The van der Waals surface area contributed by atoms with Gasteiger partial charge in [-0.25, -0.2) is 0 Å². The van der Waals surface area contributed by atoms with E-state index < -0.39 is 0 Å². The van der Waals surface area contributed by atoms with E-state index in [1.165, 1.54) is 18.4 Å². The van der Waals surface area contributed by atoms with Crippen LogP contribution < -0.4 is 0 Å². The number of allylic oxidation sites excluding steroid dienone is 1. The third-order valence-electron chi connectivity index (χ3n) is 1.72. The zero-order valence-corrected chi connectivity index (χ0v) is 11.9. The Morgan fingerprint density at radius 3 is 1.78 bits per heavy atom. The summed E-state index contributed by atoms with van der Waals surface area (Å²) < 4.78 is 22.5. The standard InChI is InChI=1S/C11H14.3CO.Mo/c1-2-3-5-8-11-9-6-4-7-10-11;3*1-2;/h2,4,6-7,9-10H,1,3,5,8H2;;;;. The number of benzene rings is 1. The van der Waals surface area contributed by atoms with Crippen molar-refractivity contribution in [1.82, 2.24) is 0 Å². The summed E-state index contributed by atoms with van der Waals surface area (Å²) in [7, 11) is 0. The average Bonchev–Trinajstić information content (AvgIpc) is 2.47. The molecular weight excluding hydrogens is 312 g/mol. The van der Waals surface area contributed by atoms with Crippen LogP contribution in [-0.4, -0.2) is 0 Å². The van der Waals surface area contributed by atoms with E-state index in [-0.39, 0.29) is 21.1 Å². The second kappa shape index (κ2) is 29.7. The molecule has 0 bridgehead atoms. The molecule has 94 valence electrons. The first-order valence-electron chi connectivity index (χ1n) is 4.69. The van der Waals surface area contributed by atoms with Gasteiger partial charge >= 0.3 is 33.9 Å². The van der Waals surface area contributed by atoms with E-state index in [0.717, 1.165) is 6.42 Å². The van der Waals surface area contributed by atoms with E-state index >= 15 is 0 Å². The molecule has 0 aliphatic rings. The van der Waals surface area contributed by atoms with E-state index in [2.05, 4.69) is 56.9 Å². The summed E-state index contributed by atoms with van der Waals surface area (Å²) in [6, 6.07) is 10.6. The molecule has 0 radical (unpaired) electrons. The number of unbranched alkanes of at least 4 members (excludes halogenated alkanes) is 1. The van der Waals surface area contributed by atoms with Gasteiger partial charge in [0.1, 0.15) is 0 Å². The number of aryl methyl sites for hydroxylation is 1. The van der Waals surface area contributed by atoms with Crippen molar-refractivity contribution in [3.63, 3.8) is 0 Å². The third-order valence-corrected chi connectivity index (χ3v) is 1.72. The van der Waals surface area contributed by atoms with Crippen LogP contribution in [0, 0.1) is 20.0 Å². The van der Waals surface area contributed by atoms with Crippen LogP contribution in [0.15, 0.2) is 43.0 Å². The van der Waals surface area contributed by atoms with E-state index in [9.17, 15) is 0 Å². The molecule has 0 aliphatic carbocycles. The van der Waals surface area contributed by atoms with Gasteiger partial charge in [-0.2, -0.15) is 0 Å².